The molecule has 0 bridgehead atoms. The van der Waals surface area contributed by atoms with Crippen molar-refractivity contribution >= 4 is 16.5 Å². The van der Waals surface area contributed by atoms with Gasteiger partial charge in [-0.3, -0.25) is 4.21 Å². The normalized spacial score (nSPS) is 14.6. The molecular weight excluding hydrogens is 348 g/mol. The summed E-state index contributed by atoms with van der Waals surface area (Å²) in [5.74, 6) is -0.00693. The Kier molecular flexibility index (Phi) is 7.63. The Labute approximate surface area is 158 Å². The highest BCUT2D eigenvalue weighted by atomic mass is 32.2. The molecule has 6 heteroatoms. The van der Waals surface area contributed by atoms with Crippen molar-refractivity contribution < 1.29 is 14.4 Å². The van der Waals surface area contributed by atoms with Crippen LogP contribution < -0.4 is 10.2 Å². The molecule has 0 radical (unpaired) electrons. The number of anilines is 1. The summed E-state index contributed by atoms with van der Waals surface area (Å²) in [7, 11) is 0.790. The van der Waals surface area contributed by atoms with E-state index in [0.29, 0.717) is 23.0 Å². The van der Waals surface area contributed by atoms with Gasteiger partial charge in [-0.1, -0.05) is 24.3 Å². The van der Waals surface area contributed by atoms with Crippen LogP contribution in [0.1, 0.15) is 25.0 Å². The number of benzene rings is 2. The number of phenolic OH excluding ortho intramolecular Hbond substituents is 1. The first kappa shape index (κ1) is 20.4. The number of rotatable bonds is 9. The summed E-state index contributed by atoms with van der Waals surface area (Å²) >= 11 is 0. The van der Waals surface area contributed by atoms with Gasteiger partial charge in [-0.05, 0) is 49.7 Å². The van der Waals surface area contributed by atoms with Crippen LogP contribution in [-0.4, -0.2) is 46.9 Å². The van der Waals surface area contributed by atoms with Crippen molar-refractivity contribution in [2.24, 2.45) is 0 Å². The SMILES string of the molecule is CC(CCNCC(O)c1ccc(O)c(S(C)=O)c1)N(C)c1ccccc1. The van der Waals surface area contributed by atoms with E-state index in [1.165, 1.54) is 18.0 Å². The van der Waals surface area contributed by atoms with E-state index in [4.69, 9.17) is 0 Å². The molecule has 2 aromatic rings. The standard InChI is InChI=1S/C20H28N2O3S/c1-15(22(2)17-7-5-4-6-8-17)11-12-21-14-19(24)16-9-10-18(23)20(13-16)26(3)25/h4-10,13,15,19,21,23-24H,11-12,14H2,1-3H3. The predicted octanol–water partition coefficient (Wildman–Crippen LogP) is 2.67. The molecule has 0 aliphatic rings. The van der Waals surface area contributed by atoms with Crippen molar-refractivity contribution in [3.63, 3.8) is 0 Å². The summed E-state index contributed by atoms with van der Waals surface area (Å²) < 4.78 is 11.6. The molecule has 0 aliphatic carbocycles. The molecule has 0 aliphatic heterocycles. The van der Waals surface area contributed by atoms with Crippen LogP contribution in [0.4, 0.5) is 5.69 Å². The minimum absolute atomic E-state index is 0.00693. The van der Waals surface area contributed by atoms with E-state index in [-0.39, 0.29) is 5.75 Å². The van der Waals surface area contributed by atoms with Crippen LogP contribution in [0.3, 0.4) is 0 Å². The lowest BCUT2D eigenvalue weighted by atomic mass is 10.1. The summed E-state index contributed by atoms with van der Waals surface area (Å²) in [6, 6.07) is 15.4. The van der Waals surface area contributed by atoms with Gasteiger partial charge < -0.3 is 20.4 Å². The highest BCUT2D eigenvalue weighted by Gasteiger charge is 2.13. The van der Waals surface area contributed by atoms with Gasteiger partial charge in [-0.15, -0.1) is 0 Å². The van der Waals surface area contributed by atoms with Crippen LogP contribution in [0.25, 0.3) is 0 Å². The first-order chi connectivity index (χ1) is 12.4. The largest absolute Gasteiger partial charge is 0.507 e. The van der Waals surface area contributed by atoms with Crippen LogP contribution in [0.5, 0.6) is 5.75 Å². The van der Waals surface area contributed by atoms with Crippen molar-refractivity contribution in [1.82, 2.24) is 5.32 Å². The molecule has 5 nitrogen and oxygen atoms in total. The highest BCUT2D eigenvalue weighted by Crippen LogP contribution is 2.24. The zero-order valence-corrected chi connectivity index (χ0v) is 16.4. The monoisotopic (exact) mass is 376 g/mol. The lowest BCUT2D eigenvalue weighted by Crippen LogP contribution is -2.33. The zero-order chi connectivity index (χ0) is 19.1. The number of aromatic hydroxyl groups is 1. The smallest absolute Gasteiger partial charge is 0.131 e. The number of phenols is 1. The Morgan fingerprint density at radius 2 is 1.88 bits per heavy atom. The summed E-state index contributed by atoms with van der Waals surface area (Å²) in [4.78, 5) is 2.58. The fourth-order valence-electron chi connectivity index (χ4n) is 2.75. The Balaban J connectivity index is 1.80. The molecule has 0 fully saturated rings. The van der Waals surface area contributed by atoms with E-state index in [2.05, 4.69) is 36.3 Å². The number of aliphatic hydroxyl groups excluding tert-OH is 1. The van der Waals surface area contributed by atoms with E-state index >= 15 is 0 Å². The van der Waals surface area contributed by atoms with E-state index in [1.54, 1.807) is 12.1 Å². The maximum Gasteiger partial charge on any atom is 0.131 e. The van der Waals surface area contributed by atoms with Gasteiger partial charge >= 0.3 is 0 Å². The first-order valence-electron chi connectivity index (χ1n) is 8.73. The summed E-state index contributed by atoms with van der Waals surface area (Å²) in [6.45, 7) is 3.36. The van der Waals surface area contributed by atoms with Crippen molar-refractivity contribution in [2.75, 3.05) is 31.3 Å². The quantitative estimate of drug-likeness (QED) is 0.587. The minimum atomic E-state index is -1.29. The van der Waals surface area contributed by atoms with Gasteiger partial charge in [0.1, 0.15) is 5.75 Å². The van der Waals surface area contributed by atoms with Crippen LogP contribution >= 0.6 is 0 Å². The van der Waals surface area contributed by atoms with Crippen LogP contribution in [0, 0.1) is 0 Å². The Hall–Kier alpha value is -1.89. The van der Waals surface area contributed by atoms with Gasteiger partial charge in [0.25, 0.3) is 0 Å². The second-order valence-electron chi connectivity index (χ2n) is 6.49. The highest BCUT2D eigenvalue weighted by molar-refractivity contribution is 7.84. The summed E-state index contributed by atoms with van der Waals surface area (Å²) in [6.07, 6.45) is 1.74. The summed E-state index contributed by atoms with van der Waals surface area (Å²) in [5, 5.41) is 23.3. The van der Waals surface area contributed by atoms with Crippen LogP contribution in [-0.2, 0) is 10.8 Å². The molecule has 2 aromatic carbocycles. The number of aliphatic hydroxyl groups is 1. The van der Waals surface area contributed by atoms with Crippen molar-refractivity contribution in [1.29, 1.82) is 0 Å². The molecule has 3 N–H and O–H groups in total. The zero-order valence-electron chi connectivity index (χ0n) is 15.6. The molecule has 0 aromatic heterocycles. The van der Waals surface area contributed by atoms with Crippen molar-refractivity contribution in [2.45, 2.75) is 30.4 Å². The van der Waals surface area contributed by atoms with Crippen LogP contribution in [0.2, 0.25) is 0 Å². The van der Waals surface area contributed by atoms with E-state index in [1.807, 2.05) is 18.2 Å². The van der Waals surface area contributed by atoms with Gasteiger partial charge in [0, 0.05) is 31.6 Å². The van der Waals surface area contributed by atoms with E-state index in [9.17, 15) is 14.4 Å². The number of nitrogens with zero attached hydrogens (tertiary/aromatic N) is 1. The van der Waals surface area contributed by atoms with Crippen molar-refractivity contribution in [3.8, 4) is 5.75 Å². The number of hydrogen-bond acceptors (Lipinski definition) is 5. The van der Waals surface area contributed by atoms with E-state index in [0.717, 1.165) is 13.0 Å². The van der Waals surface area contributed by atoms with Gasteiger partial charge in [-0.25, -0.2) is 0 Å². The number of para-hydroxylation sites is 1. The second kappa shape index (κ2) is 9.71. The van der Waals surface area contributed by atoms with Crippen LogP contribution in [0.15, 0.2) is 53.4 Å². The molecule has 0 heterocycles. The first-order valence-corrected chi connectivity index (χ1v) is 10.3. The fraction of sp³-hybridized carbons (Fsp3) is 0.400. The van der Waals surface area contributed by atoms with Gasteiger partial charge in [-0.2, -0.15) is 0 Å². The van der Waals surface area contributed by atoms with Gasteiger partial charge in [0.15, 0.2) is 0 Å². The molecule has 0 saturated carbocycles. The minimum Gasteiger partial charge on any atom is -0.507 e. The molecule has 2 rings (SSSR count). The molecule has 3 unspecified atom stereocenters. The van der Waals surface area contributed by atoms with Gasteiger partial charge in [0.2, 0.25) is 0 Å². The third kappa shape index (κ3) is 5.56. The van der Waals surface area contributed by atoms with Gasteiger partial charge in [0.05, 0.1) is 21.8 Å². The maximum atomic E-state index is 11.6. The third-order valence-corrected chi connectivity index (χ3v) is 5.53. The molecule has 0 amide bonds. The predicted molar refractivity (Wildman–Crippen MR) is 107 cm³/mol. The molecule has 142 valence electrons. The lowest BCUT2D eigenvalue weighted by Gasteiger charge is -2.27. The molecule has 0 saturated heterocycles. The van der Waals surface area contributed by atoms with E-state index < -0.39 is 16.9 Å². The number of hydrogen-bond donors (Lipinski definition) is 3. The molecular formula is C20H28N2O3S. The third-order valence-electron chi connectivity index (χ3n) is 4.58. The Bertz CT molecular complexity index is 724. The molecule has 3 atom stereocenters. The van der Waals surface area contributed by atoms with Crippen molar-refractivity contribution in [3.05, 3.63) is 54.1 Å². The fourth-order valence-corrected chi connectivity index (χ4v) is 3.41. The lowest BCUT2D eigenvalue weighted by molar-refractivity contribution is 0.174. The number of nitrogens with one attached hydrogen (secondary N) is 1. The topological polar surface area (TPSA) is 72.8 Å². The molecule has 0 spiro atoms. The average molecular weight is 377 g/mol. The average Bonchev–Trinajstić information content (AvgIpc) is 2.65. The summed E-state index contributed by atoms with van der Waals surface area (Å²) in [5.41, 5.74) is 1.83. The second-order valence-corrected chi connectivity index (χ2v) is 7.83. The maximum absolute atomic E-state index is 11.6. The molecule has 26 heavy (non-hydrogen) atoms. The Morgan fingerprint density at radius 3 is 2.54 bits per heavy atom. The Morgan fingerprint density at radius 1 is 1.19 bits per heavy atom.